The van der Waals surface area contributed by atoms with E-state index >= 15 is 0 Å². The Balaban J connectivity index is 1.94. The molecule has 0 aliphatic heterocycles. The lowest BCUT2D eigenvalue weighted by Gasteiger charge is -2.15. The Morgan fingerprint density at radius 2 is 1.84 bits per heavy atom. The van der Waals surface area contributed by atoms with Crippen molar-refractivity contribution in [3.8, 4) is 5.75 Å². The molecule has 1 amide bonds. The summed E-state index contributed by atoms with van der Waals surface area (Å²) in [5.41, 5.74) is -0.724. The van der Waals surface area contributed by atoms with Gasteiger partial charge in [-0.3, -0.25) is 4.79 Å². The molecule has 3 aromatic rings. The Bertz CT molecular complexity index is 939. The summed E-state index contributed by atoms with van der Waals surface area (Å²) in [6, 6.07) is 13.6. The van der Waals surface area contributed by atoms with Crippen LogP contribution in [0.5, 0.6) is 5.75 Å². The molecule has 0 spiro atoms. The molecule has 1 heterocycles. The van der Waals surface area contributed by atoms with Crippen LogP contribution in [-0.2, 0) is 6.18 Å². The number of hydrogen-bond acceptors (Lipinski definition) is 3. The first-order valence-corrected chi connectivity index (χ1v) is 7.31. The number of carbonyl (C=O) groups excluding carboxylic acids is 1. The third-order valence-electron chi connectivity index (χ3n) is 3.61. The molecule has 7 heteroatoms. The van der Waals surface area contributed by atoms with Crippen molar-refractivity contribution in [2.24, 2.45) is 0 Å². The van der Waals surface area contributed by atoms with Gasteiger partial charge in [-0.25, -0.2) is 4.98 Å². The second-order valence-electron chi connectivity index (χ2n) is 5.25. The summed E-state index contributed by atoms with van der Waals surface area (Å²) in [5, 5.41) is 3.11. The number of amides is 1. The molecule has 0 bridgehead atoms. The number of rotatable bonds is 3. The molecule has 0 atom stereocenters. The van der Waals surface area contributed by atoms with Gasteiger partial charge in [0.1, 0.15) is 11.4 Å². The molecule has 0 radical (unpaired) electrons. The van der Waals surface area contributed by atoms with E-state index in [0.717, 1.165) is 17.5 Å². The molecule has 128 valence electrons. The van der Waals surface area contributed by atoms with Crippen LogP contribution in [0.1, 0.15) is 16.1 Å². The van der Waals surface area contributed by atoms with E-state index in [9.17, 15) is 18.0 Å². The fraction of sp³-hybridized carbons (Fsp3) is 0.111. The summed E-state index contributed by atoms with van der Waals surface area (Å²) in [6.07, 6.45) is -4.63. The largest absolute Gasteiger partial charge is 0.497 e. The van der Waals surface area contributed by atoms with Gasteiger partial charge in [-0.1, -0.05) is 24.3 Å². The molecule has 25 heavy (non-hydrogen) atoms. The first kappa shape index (κ1) is 16.8. The molecule has 2 aromatic carbocycles. The van der Waals surface area contributed by atoms with Gasteiger partial charge in [-0.05, 0) is 30.3 Å². The molecular weight excluding hydrogens is 333 g/mol. The zero-order valence-corrected chi connectivity index (χ0v) is 13.1. The molecule has 0 aliphatic carbocycles. The molecule has 0 aliphatic rings. The second-order valence-corrected chi connectivity index (χ2v) is 5.25. The molecule has 0 saturated carbocycles. The number of alkyl halides is 3. The highest BCUT2D eigenvalue weighted by Gasteiger charge is 2.34. The summed E-state index contributed by atoms with van der Waals surface area (Å²) in [5.74, 6) is -0.671. The molecule has 0 saturated heterocycles. The Hall–Kier alpha value is -3.09. The lowest BCUT2D eigenvalue weighted by Crippen LogP contribution is -2.17. The van der Waals surface area contributed by atoms with E-state index in [0.29, 0.717) is 5.52 Å². The van der Waals surface area contributed by atoms with Crippen molar-refractivity contribution < 1.29 is 22.7 Å². The number of anilines is 1. The van der Waals surface area contributed by atoms with Gasteiger partial charge >= 0.3 is 6.18 Å². The number of para-hydroxylation sites is 1. The molecule has 3 rings (SSSR count). The number of hydrogen-bond donors (Lipinski definition) is 1. The Kier molecular flexibility index (Phi) is 4.31. The van der Waals surface area contributed by atoms with Crippen molar-refractivity contribution in [1.29, 1.82) is 0 Å². The molecule has 0 fully saturated rings. The average molecular weight is 346 g/mol. The fourth-order valence-corrected chi connectivity index (χ4v) is 2.37. The fourth-order valence-electron chi connectivity index (χ4n) is 2.37. The third kappa shape index (κ3) is 3.55. The maximum absolute atomic E-state index is 13.2. The van der Waals surface area contributed by atoms with Gasteiger partial charge in [0.05, 0.1) is 23.9 Å². The minimum atomic E-state index is -4.63. The molecular formula is C18H13F3N2O2. The van der Waals surface area contributed by atoms with Gasteiger partial charge in [-0.15, -0.1) is 0 Å². The van der Waals surface area contributed by atoms with Crippen molar-refractivity contribution >= 4 is 22.5 Å². The zero-order valence-electron chi connectivity index (χ0n) is 13.1. The highest BCUT2D eigenvalue weighted by atomic mass is 19.4. The van der Waals surface area contributed by atoms with Crippen molar-refractivity contribution in [3.63, 3.8) is 0 Å². The number of ether oxygens (including phenoxy) is 1. The van der Waals surface area contributed by atoms with Gasteiger partial charge in [0, 0.05) is 5.39 Å². The average Bonchev–Trinajstić information content (AvgIpc) is 2.60. The lowest BCUT2D eigenvalue weighted by molar-refractivity contribution is -0.137. The monoisotopic (exact) mass is 346 g/mol. The Labute approximate surface area is 141 Å². The number of methoxy groups -OCH3 is 1. The van der Waals surface area contributed by atoms with E-state index < -0.39 is 17.6 Å². The van der Waals surface area contributed by atoms with Gasteiger partial charge in [0.2, 0.25) is 0 Å². The van der Waals surface area contributed by atoms with E-state index in [1.807, 2.05) is 12.1 Å². The first-order valence-electron chi connectivity index (χ1n) is 7.31. The number of nitrogens with zero attached hydrogens (tertiary/aromatic N) is 1. The van der Waals surface area contributed by atoms with E-state index in [-0.39, 0.29) is 17.1 Å². The number of halogens is 3. The molecule has 1 aromatic heterocycles. The number of aromatic nitrogens is 1. The van der Waals surface area contributed by atoms with E-state index in [2.05, 4.69) is 10.3 Å². The van der Waals surface area contributed by atoms with Gasteiger partial charge < -0.3 is 10.1 Å². The van der Waals surface area contributed by atoms with Crippen LogP contribution in [0.25, 0.3) is 10.9 Å². The molecule has 1 N–H and O–H groups in total. The van der Waals surface area contributed by atoms with Crippen LogP contribution < -0.4 is 10.1 Å². The van der Waals surface area contributed by atoms with Crippen molar-refractivity contribution in [3.05, 3.63) is 65.9 Å². The van der Waals surface area contributed by atoms with Crippen molar-refractivity contribution in [2.45, 2.75) is 6.18 Å². The van der Waals surface area contributed by atoms with Crippen LogP contribution in [0.4, 0.5) is 18.9 Å². The van der Waals surface area contributed by atoms with E-state index in [4.69, 9.17) is 4.74 Å². The summed E-state index contributed by atoms with van der Waals surface area (Å²) in [7, 11) is 1.27. The zero-order chi connectivity index (χ0) is 18.0. The number of nitrogens with one attached hydrogen (secondary N) is 1. The Morgan fingerprint density at radius 1 is 1.08 bits per heavy atom. The highest BCUT2D eigenvalue weighted by molar-refractivity contribution is 6.04. The van der Waals surface area contributed by atoms with Gasteiger partial charge in [-0.2, -0.15) is 13.2 Å². The molecule has 4 nitrogen and oxygen atoms in total. The quantitative estimate of drug-likeness (QED) is 0.759. The van der Waals surface area contributed by atoms with Crippen LogP contribution in [0.3, 0.4) is 0 Å². The minimum Gasteiger partial charge on any atom is -0.497 e. The summed E-state index contributed by atoms with van der Waals surface area (Å²) in [6.45, 7) is 0. The van der Waals surface area contributed by atoms with Gasteiger partial charge in [0.15, 0.2) is 0 Å². The standard InChI is InChI=1S/C18H13F3N2O2/c1-25-12-7-9-15(13(10-12)18(19,20)21)23-17(24)16-8-6-11-4-2-3-5-14(11)22-16/h2-10H,1H3,(H,23,24). The van der Waals surface area contributed by atoms with Crippen molar-refractivity contribution in [2.75, 3.05) is 12.4 Å². The normalized spacial score (nSPS) is 11.4. The highest BCUT2D eigenvalue weighted by Crippen LogP contribution is 2.37. The van der Waals surface area contributed by atoms with E-state index in [1.165, 1.54) is 19.2 Å². The maximum atomic E-state index is 13.2. The maximum Gasteiger partial charge on any atom is 0.418 e. The predicted octanol–water partition coefficient (Wildman–Crippen LogP) is 4.51. The number of benzene rings is 2. The van der Waals surface area contributed by atoms with Crippen molar-refractivity contribution in [1.82, 2.24) is 4.98 Å². The summed E-state index contributed by atoms with van der Waals surface area (Å²) >= 11 is 0. The summed E-state index contributed by atoms with van der Waals surface area (Å²) in [4.78, 5) is 16.5. The molecule has 0 unspecified atom stereocenters. The van der Waals surface area contributed by atoms with Crippen LogP contribution in [-0.4, -0.2) is 18.0 Å². The van der Waals surface area contributed by atoms with Crippen LogP contribution in [0, 0.1) is 0 Å². The first-order chi connectivity index (χ1) is 11.9. The topological polar surface area (TPSA) is 51.2 Å². The van der Waals surface area contributed by atoms with Crippen LogP contribution in [0.2, 0.25) is 0 Å². The lowest BCUT2D eigenvalue weighted by atomic mass is 10.1. The smallest absolute Gasteiger partial charge is 0.418 e. The number of carbonyl (C=O) groups is 1. The Morgan fingerprint density at radius 3 is 2.56 bits per heavy atom. The third-order valence-corrected chi connectivity index (χ3v) is 3.61. The van der Waals surface area contributed by atoms with Crippen LogP contribution in [0.15, 0.2) is 54.6 Å². The second kappa shape index (κ2) is 6.43. The van der Waals surface area contributed by atoms with Gasteiger partial charge in [0.25, 0.3) is 5.91 Å². The van der Waals surface area contributed by atoms with E-state index in [1.54, 1.807) is 18.2 Å². The number of fused-ring (bicyclic) bond motifs is 1. The summed E-state index contributed by atoms with van der Waals surface area (Å²) < 4.78 is 44.4. The predicted molar refractivity (Wildman–Crippen MR) is 87.7 cm³/mol. The SMILES string of the molecule is COc1ccc(NC(=O)c2ccc3ccccc3n2)c(C(F)(F)F)c1. The minimum absolute atomic E-state index is 0.0302. The number of pyridine rings is 1. The van der Waals surface area contributed by atoms with Crippen LogP contribution >= 0.6 is 0 Å².